The van der Waals surface area contributed by atoms with Crippen LogP contribution in [0.25, 0.3) is 77.0 Å². The summed E-state index contributed by atoms with van der Waals surface area (Å²) in [6.07, 6.45) is 13.4. The molecule has 4 nitrogen and oxygen atoms in total. The first-order valence-electron chi connectivity index (χ1n) is 16.8. The lowest BCUT2D eigenvalue weighted by atomic mass is 9.90. The van der Waals surface area contributed by atoms with Crippen molar-refractivity contribution < 1.29 is 0 Å². The van der Waals surface area contributed by atoms with Gasteiger partial charge < -0.3 is 0 Å². The molecule has 0 saturated carbocycles. The fourth-order valence-corrected chi connectivity index (χ4v) is 7.73. The summed E-state index contributed by atoms with van der Waals surface area (Å²) in [5.74, 6) is 0.881. The Balaban J connectivity index is 1.33. The van der Waals surface area contributed by atoms with E-state index in [1.807, 2.05) is 24.5 Å². The molecule has 0 radical (unpaired) electrons. The van der Waals surface area contributed by atoms with Crippen LogP contribution in [-0.2, 0) is 12.8 Å². The van der Waals surface area contributed by atoms with Gasteiger partial charge in [0.1, 0.15) is 5.82 Å². The van der Waals surface area contributed by atoms with E-state index in [1.54, 1.807) is 0 Å². The van der Waals surface area contributed by atoms with E-state index in [0.717, 1.165) is 69.2 Å². The molecule has 0 bridgehead atoms. The summed E-state index contributed by atoms with van der Waals surface area (Å²) in [5, 5.41) is 8.60. The number of aryl methyl sites for hydroxylation is 1. The van der Waals surface area contributed by atoms with Gasteiger partial charge in [-0.05, 0) is 99.1 Å². The highest BCUT2D eigenvalue weighted by Gasteiger charge is 2.22. The number of imidazole rings is 1. The van der Waals surface area contributed by atoms with Crippen molar-refractivity contribution in [3.8, 4) is 11.4 Å². The average molecular weight is 619 g/mol. The second kappa shape index (κ2) is 11.1. The summed E-state index contributed by atoms with van der Waals surface area (Å²) in [7, 11) is 0. The Labute approximate surface area is 279 Å². The van der Waals surface area contributed by atoms with Crippen LogP contribution in [0.4, 0.5) is 0 Å². The first kappa shape index (κ1) is 28.4. The summed E-state index contributed by atoms with van der Waals surface area (Å²) in [6, 6.07) is 32.7. The first-order chi connectivity index (χ1) is 23.6. The molecular formula is C44H34N4. The minimum Gasteiger partial charge on any atom is -0.292 e. The zero-order valence-electron chi connectivity index (χ0n) is 27.2. The second-order valence-electron chi connectivity index (χ2n) is 12.8. The van der Waals surface area contributed by atoms with Crippen LogP contribution in [0.2, 0.25) is 0 Å². The largest absolute Gasteiger partial charge is 0.292 e. The van der Waals surface area contributed by atoms with Crippen LogP contribution in [0.1, 0.15) is 31.4 Å². The van der Waals surface area contributed by atoms with Crippen molar-refractivity contribution in [3.05, 3.63) is 150 Å². The highest BCUT2D eigenvalue weighted by Crippen LogP contribution is 2.39. The Morgan fingerprint density at radius 1 is 0.750 bits per heavy atom. The number of fused-ring (bicyclic) bond motifs is 10. The number of allylic oxidation sites excluding steroid dienone is 5. The zero-order valence-corrected chi connectivity index (χ0v) is 27.2. The Kier molecular flexibility index (Phi) is 6.58. The van der Waals surface area contributed by atoms with Gasteiger partial charge in [0, 0.05) is 34.4 Å². The zero-order chi connectivity index (χ0) is 32.4. The maximum atomic E-state index is 5.36. The molecule has 48 heavy (non-hydrogen) atoms. The quantitative estimate of drug-likeness (QED) is 0.185. The molecule has 0 atom stereocenters. The fourth-order valence-electron chi connectivity index (χ4n) is 7.73. The predicted octanol–water partition coefficient (Wildman–Crippen LogP) is 10.2. The summed E-state index contributed by atoms with van der Waals surface area (Å²) >= 11 is 0. The molecule has 0 aliphatic carbocycles. The lowest BCUT2D eigenvalue weighted by Crippen LogP contribution is -2.10. The SMILES string of the molecule is C=C1\C=C/C(C(/C)=c2\ccc3cccc4ccc(CCC)c2c43)=C\Cc2ccccc2-c2nc3c4cccnc4c4ncccc4c3n21. The molecule has 0 fully saturated rings. The lowest BCUT2D eigenvalue weighted by molar-refractivity contribution is 0.929. The molecule has 9 rings (SSSR count). The van der Waals surface area contributed by atoms with Crippen LogP contribution in [0.5, 0.6) is 0 Å². The summed E-state index contributed by atoms with van der Waals surface area (Å²) in [6.45, 7) is 9.20. The monoisotopic (exact) mass is 618 g/mol. The molecule has 8 aromatic rings. The van der Waals surface area contributed by atoms with Crippen LogP contribution < -0.4 is 5.22 Å². The Hall–Kier alpha value is -5.87. The minimum atomic E-state index is 0.771. The van der Waals surface area contributed by atoms with E-state index in [9.17, 15) is 0 Å². The van der Waals surface area contributed by atoms with E-state index in [4.69, 9.17) is 15.0 Å². The molecule has 230 valence electrons. The van der Waals surface area contributed by atoms with Gasteiger partial charge in [-0.1, -0.05) is 98.8 Å². The van der Waals surface area contributed by atoms with Crippen LogP contribution in [-0.4, -0.2) is 19.5 Å². The molecule has 1 aliphatic heterocycles. The Morgan fingerprint density at radius 2 is 1.50 bits per heavy atom. The molecular weight excluding hydrogens is 585 g/mol. The van der Waals surface area contributed by atoms with E-state index in [0.29, 0.717) is 0 Å². The summed E-state index contributed by atoms with van der Waals surface area (Å²) in [5.41, 5.74) is 10.7. The van der Waals surface area contributed by atoms with Gasteiger partial charge in [0.05, 0.1) is 22.1 Å². The summed E-state index contributed by atoms with van der Waals surface area (Å²) < 4.78 is 2.23. The lowest BCUT2D eigenvalue weighted by Gasteiger charge is -2.16. The smallest absolute Gasteiger partial charge is 0.146 e. The Bertz CT molecular complexity index is 2730. The molecule has 4 heteroatoms. The van der Waals surface area contributed by atoms with Gasteiger partial charge in [-0.25, -0.2) is 4.98 Å². The predicted molar refractivity (Wildman–Crippen MR) is 202 cm³/mol. The average Bonchev–Trinajstić information content (AvgIpc) is 3.54. The normalized spacial score (nSPS) is 15.9. The molecule has 5 aromatic carbocycles. The van der Waals surface area contributed by atoms with Gasteiger partial charge in [0.2, 0.25) is 0 Å². The number of aromatic nitrogens is 4. The topological polar surface area (TPSA) is 43.6 Å². The molecule has 0 saturated heterocycles. The van der Waals surface area contributed by atoms with Gasteiger partial charge in [0.15, 0.2) is 0 Å². The number of rotatable bonds is 3. The number of benzene rings is 5. The van der Waals surface area contributed by atoms with Gasteiger partial charge in [-0.2, -0.15) is 0 Å². The molecule has 0 N–H and O–H groups in total. The highest BCUT2D eigenvalue weighted by atomic mass is 15.1. The van der Waals surface area contributed by atoms with Crippen molar-refractivity contribution in [3.63, 3.8) is 0 Å². The maximum Gasteiger partial charge on any atom is 0.146 e. The van der Waals surface area contributed by atoms with Gasteiger partial charge in [-0.3, -0.25) is 14.5 Å². The fraction of sp³-hybridized carbons (Fsp3) is 0.114. The van der Waals surface area contributed by atoms with Crippen molar-refractivity contribution >= 4 is 65.7 Å². The summed E-state index contributed by atoms with van der Waals surface area (Å²) in [4.78, 5) is 14.9. The van der Waals surface area contributed by atoms with Crippen molar-refractivity contribution in [2.75, 3.05) is 0 Å². The number of nitrogens with zero attached hydrogens (tertiary/aromatic N) is 4. The number of hydrogen-bond acceptors (Lipinski definition) is 3. The molecule has 0 spiro atoms. The third-order valence-electron chi connectivity index (χ3n) is 9.99. The van der Waals surface area contributed by atoms with Crippen molar-refractivity contribution in [2.45, 2.75) is 33.1 Å². The van der Waals surface area contributed by atoms with Crippen LogP contribution in [0, 0.1) is 0 Å². The molecule has 0 unspecified atom stereocenters. The first-order valence-corrected chi connectivity index (χ1v) is 16.8. The van der Waals surface area contributed by atoms with Crippen molar-refractivity contribution in [2.24, 2.45) is 0 Å². The maximum absolute atomic E-state index is 5.36. The van der Waals surface area contributed by atoms with E-state index >= 15 is 0 Å². The van der Waals surface area contributed by atoms with Crippen molar-refractivity contribution in [1.29, 1.82) is 0 Å². The minimum absolute atomic E-state index is 0.771. The van der Waals surface area contributed by atoms with Gasteiger partial charge >= 0.3 is 0 Å². The highest BCUT2D eigenvalue weighted by molar-refractivity contribution is 6.22. The Morgan fingerprint density at radius 3 is 2.31 bits per heavy atom. The molecule has 4 heterocycles. The van der Waals surface area contributed by atoms with E-state index < -0.39 is 0 Å². The second-order valence-corrected chi connectivity index (χ2v) is 12.8. The third-order valence-corrected chi connectivity index (χ3v) is 9.99. The van der Waals surface area contributed by atoms with Crippen LogP contribution >= 0.6 is 0 Å². The van der Waals surface area contributed by atoms with Crippen LogP contribution in [0.3, 0.4) is 0 Å². The van der Waals surface area contributed by atoms with E-state index in [1.165, 1.54) is 49.0 Å². The third kappa shape index (κ3) is 4.26. The van der Waals surface area contributed by atoms with E-state index in [2.05, 4.69) is 122 Å². The van der Waals surface area contributed by atoms with Gasteiger partial charge in [-0.15, -0.1) is 0 Å². The van der Waals surface area contributed by atoms with Gasteiger partial charge in [0.25, 0.3) is 0 Å². The van der Waals surface area contributed by atoms with Crippen molar-refractivity contribution in [1.82, 2.24) is 19.5 Å². The molecule has 3 aromatic heterocycles. The van der Waals surface area contributed by atoms with E-state index in [-0.39, 0.29) is 0 Å². The van der Waals surface area contributed by atoms with Crippen LogP contribution in [0.15, 0.2) is 134 Å². The number of hydrogen-bond donors (Lipinski definition) is 0. The standard InChI is InChI=1S/C44H34N4/c1-4-10-31-21-22-32-12-7-13-33-23-24-34(39(31)38(32)33)28(3)29-18-17-27(2)48-43-37-16-9-26-46-41(37)40-36(15-8-25-45-40)42(43)47-44(48)35-14-6-5-11-30(35)20-19-29/h5-9,11-19,21-26H,2,4,10,20H2,1,3H3/b18-17-,29-19+,34-28+. The molecule has 1 aliphatic rings. The number of pyridine rings is 2. The molecule has 0 amide bonds.